The lowest BCUT2D eigenvalue weighted by Crippen LogP contribution is -2.51. The Kier molecular flexibility index (Phi) is 6.14. The first-order chi connectivity index (χ1) is 13.2. The van der Waals surface area contributed by atoms with E-state index in [2.05, 4.69) is 45.9 Å². The SMILES string of the molecule is Cc1cccc(CN2CCC(N3CCCC(C(=O)N4CCCC4)C3)CC2)c1. The van der Waals surface area contributed by atoms with Crippen LogP contribution in [0.3, 0.4) is 0 Å². The van der Waals surface area contributed by atoms with Crippen LogP contribution in [0.5, 0.6) is 0 Å². The van der Waals surface area contributed by atoms with Crippen molar-refractivity contribution in [2.24, 2.45) is 5.92 Å². The molecule has 3 fully saturated rings. The monoisotopic (exact) mass is 369 g/mol. The smallest absolute Gasteiger partial charge is 0.226 e. The molecule has 0 radical (unpaired) electrons. The summed E-state index contributed by atoms with van der Waals surface area (Å²) in [6.07, 6.45) is 7.17. The number of likely N-dealkylation sites (tertiary alicyclic amines) is 3. The Morgan fingerprint density at radius 2 is 1.78 bits per heavy atom. The topological polar surface area (TPSA) is 26.8 Å². The van der Waals surface area contributed by atoms with Crippen LogP contribution in [0, 0.1) is 12.8 Å². The van der Waals surface area contributed by atoms with E-state index in [1.54, 1.807) is 0 Å². The summed E-state index contributed by atoms with van der Waals surface area (Å²) in [5.41, 5.74) is 2.78. The number of carbonyl (C=O) groups excluding carboxylic acids is 1. The zero-order chi connectivity index (χ0) is 18.6. The molecule has 148 valence electrons. The molecular weight excluding hydrogens is 334 g/mol. The van der Waals surface area contributed by atoms with Crippen LogP contribution in [0.1, 0.15) is 49.7 Å². The molecule has 0 N–H and O–H groups in total. The van der Waals surface area contributed by atoms with Crippen LogP contribution in [0.25, 0.3) is 0 Å². The summed E-state index contributed by atoms with van der Waals surface area (Å²) < 4.78 is 0. The standard InChI is InChI=1S/C23H35N3O/c1-19-6-4-7-20(16-19)17-24-14-9-22(10-15-24)26-13-5-8-21(18-26)23(27)25-11-2-3-12-25/h4,6-7,16,21-22H,2-3,5,8-15,17-18H2,1H3. The summed E-state index contributed by atoms with van der Waals surface area (Å²) >= 11 is 0. The first-order valence-electron chi connectivity index (χ1n) is 11.0. The Morgan fingerprint density at radius 3 is 2.52 bits per heavy atom. The predicted molar refractivity (Wildman–Crippen MR) is 110 cm³/mol. The molecule has 0 bridgehead atoms. The van der Waals surface area contributed by atoms with E-state index in [-0.39, 0.29) is 5.92 Å². The third-order valence-electron chi connectivity index (χ3n) is 6.78. The van der Waals surface area contributed by atoms with E-state index in [1.807, 2.05) is 0 Å². The molecule has 4 nitrogen and oxygen atoms in total. The molecule has 4 heteroatoms. The third kappa shape index (κ3) is 4.72. The van der Waals surface area contributed by atoms with Crippen molar-refractivity contribution in [1.82, 2.24) is 14.7 Å². The maximum Gasteiger partial charge on any atom is 0.226 e. The highest BCUT2D eigenvalue weighted by Gasteiger charge is 2.34. The van der Waals surface area contributed by atoms with Crippen LogP contribution >= 0.6 is 0 Å². The van der Waals surface area contributed by atoms with E-state index in [0.29, 0.717) is 11.9 Å². The van der Waals surface area contributed by atoms with Crippen molar-refractivity contribution in [1.29, 1.82) is 0 Å². The third-order valence-corrected chi connectivity index (χ3v) is 6.78. The summed E-state index contributed by atoms with van der Waals surface area (Å²) in [7, 11) is 0. The fourth-order valence-electron chi connectivity index (χ4n) is 5.25. The summed E-state index contributed by atoms with van der Waals surface area (Å²) in [6.45, 7) is 9.78. The molecule has 1 atom stereocenters. The molecule has 3 aliphatic heterocycles. The Bertz CT molecular complexity index is 632. The van der Waals surface area contributed by atoms with E-state index >= 15 is 0 Å². The molecular formula is C23H35N3O. The number of aryl methyl sites for hydroxylation is 1. The van der Waals surface area contributed by atoms with Gasteiger partial charge in [-0.05, 0) is 70.6 Å². The van der Waals surface area contributed by atoms with Crippen LogP contribution in [0.15, 0.2) is 24.3 Å². The number of hydrogen-bond donors (Lipinski definition) is 0. The maximum absolute atomic E-state index is 12.8. The highest BCUT2D eigenvalue weighted by molar-refractivity contribution is 5.79. The Morgan fingerprint density at radius 1 is 1.00 bits per heavy atom. The Balaban J connectivity index is 1.27. The molecule has 0 aromatic heterocycles. The fraction of sp³-hybridized carbons (Fsp3) is 0.696. The van der Waals surface area contributed by atoms with Crippen LogP contribution in [-0.4, -0.2) is 65.9 Å². The lowest BCUT2D eigenvalue weighted by molar-refractivity contribution is -0.136. The molecule has 1 aromatic rings. The minimum atomic E-state index is 0.252. The van der Waals surface area contributed by atoms with Crippen LogP contribution in [0.4, 0.5) is 0 Å². The Hall–Kier alpha value is -1.39. The molecule has 3 aliphatic rings. The van der Waals surface area contributed by atoms with Gasteiger partial charge in [0, 0.05) is 32.2 Å². The summed E-state index contributed by atoms with van der Waals surface area (Å²) in [6, 6.07) is 9.58. The number of nitrogens with zero attached hydrogens (tertiary/aromatic N) is 3. The molecule has 27 heavy (non-hydrogen) atoms. The molecule has 0 spiro atoms. The summed E-state index contributed by atoms with van der Waals surface area (Å²) in [5, 5.41) is 0. The molecule has 3 heterocycles. The number of amides is 1. The van der Waals surface area contributed by atoms with Gasteiger partial charge >= 0.3 is 0 Å². The van der Waals surface area contributed by atoms with Crippen LogP contribution in [0.2, 0.25) is 0 Å². The lowest BCUT2D eigenvalue weighted by atomic mass is 9.93. The molecule has 3 saturated heterocycles. The van der Waals surface area contributed by atoms with Crippen molar-refractivity contribution in [2.75, 3.05) is 39.3 Å². The zero-order valence-electron chi connectivity index (χ0n) is 16.9. The molecule has 0 aliphatic carbocycles. The molecule has 4 rings (SSSR count). The first kappa shape index (κ1) is 18.9. The second-order valence-electron chi connectivity index (χ2n) is 8.86. The van der Waals surface area contributed by atoms with Gasteiger partial charge in [-0.2, -0.15) is 0 Å². The van der Waals surface area contributed by atoms with Gasteiger partial charge in [-0.25, -0.2) is 0 Å². The highest BCUT2D eigenvalue weighted by Crippen LogP contribution is 2.26. The van der Waals surface area contributed by atoms with Crippen molar-refractivity contribution < 1.29 is 4.79 Å². The van der Waals surface area contributed by atoms with Gasteiger partial charge < -0.3 is 4.90 Å². The van der Waals surface area contributed by atoms with E-state index in [0.717, 1.165) is 32.6 Å². The first-order valence-corrected chi connectivity index (χ1v) is 11.0. The molecule has 1 amide bonds. The van der Waals surface area contributed by atoms with Crippen molar-refractivity contribution >= 4 is 5.91 Å². The predicted octanol–water partition coefficient (Wildman–Crippen LogP) is 3.29. The van der Waals surface area contributed by atoms with E-state index in [4.69, 9.17) is 0 Å². The number of benzene rings is 1. The van der Waals surface area contributed by atoms with E-state index in [9.17, 15) is 4.79 Å². The Labute approximate surface area is 164 Å². The average Bonchev–Trinajstić information content (AvgIpc) is 3.23. The van der Waals surface area contributed by atoms with Crippen LogP contribution < -0.4 is 0 Å². The van der Waals surface area contributed by atoms with Gasteiger partial charge in [0.05, 0.1) is 5.92 Å². The molecule has 0 saturated carbocycles. The van der Waals surface area contributed by atoms with Gasteiger partial charge in [0.2, 0.25) is 5.91 Å². The maximum atomic E-state index is 12.8. The quantitative estimate of drug-likeness (QED) is 0.815. The second-order valence-corrected chi connectivity index (χ2v) is 8.86. The molecule has 1 aromatic carbocycles. The number of carbonyl (C=O) groups is 1. The van der Waals surface area contributed by atoms with Gasteiger partial charge in [0.15, 0.2) is 0 Å². The van der Waals surface area contributed by atoms with Gasteiger partial charge in [0.25, 0.3) is 0 Å². The van der Waals surface area contributed by atoms with E-state index < -0.39 is 0 Å². The minimum absolute atomic E-state index is 0.252. The number of piperidine rings is 2. The van der Waals surface area contributed by atoms with Gasteiger partial charge in [0.1, 0.15) is 0 Å². The highest BCUT2D eigenvalue weighted by atomic mass is 16.2. The number of hydrogen-bond acceptors (Lipinski definition) is 3. The van der Waals surface area contributed by atoms with Crippen LogP contribution in [-0.2, 0) is 11.3 Å². The minimum Gasteiger partial charge on any atom is -0.342 e. The lowest BCUT2D eigenvalue weighted by Gasteiger charge is -2.42. The zero-order valence-corrected chi connectivity index (χ0v) is 16.9. The fourth-order valence-corrected chi connectivity index (χ4v) is 5.25. The number of rotatable bonds is 4. The normalized spacial score (nSPS) is 25.8. The van der Waals surface area contributed by atoms with Crippen molar-refractivity contribution in [3.63, 3.8) is 0 Å². The van der Waals surface area contributed by atoms with Crippen molar-refractivity contribution in [2.45, 2.75) is 58.0 Å². The van der Waals surface area contributed by atoms with Crippen molar-refractivity contribution in [3.05, 3.63) is 35.4 Å². The average molecular weight is 370 g/mol. The van der Waals surface area contributed by atoms with Crippen molar-refractivity contribution in [3.8, 4) is 0 Å². The van der Waals surface area contributed by atoms with Gasteiger partial charge in [-0.15, -0.1) is 0 Å². The summed E-state index contributed by atoms with van der Waals surface area (Å²) in [4.78, 5) is 20.2. The summed E-state index contributed by atoms with van der Waals surface area (Å²) in [5.74, 6) is 0.691. The van der Waals surface area contributed by atoms with Gasteiger partial charge in [-0.1, -0.05) is 29.8 Å². The largest absolute Gasteiger partial charge is 0.342 e. The molecule has 1 unspecified atom stereocenters. The second kappa shape index (κ2) is 8.74. The van der Waals surface area contributed by atoms with E-state index in [1.165, 1.54) is 62.9 Å². The van der Waals surface area contributed by atoms with Gasteiger partial charge in [-0.3, -0.25) is 14.6 Å².